The molecule has 2 aromatic carbocycles. The highest BCUT2D eigenvalue weighted by atomic mass is 32.2. The fourth-order valence-electron chi connectivity index (χ4n) is 3.78. The van der Waals surface area contributed by atoms with Gasteiger partial charge in [0.15, 0.2) is 9.84 Å². The number of carbonyl (C=O) groups excluding carboxylic acids is 2. The topological polar surface area (TPSA) is 83.6 Å². The van der Waals surface area contributed by atoms with Crippen LogP contribution < -0.4 is 10.2 Å². The highest BCUT2D eigenvalue weighted by molar-refractivity contribution is 7.91. The molecule has 0 spiro atoms. The number of amides is 2. The van der Waals surface area contributed by atoms with Gasteiger partial charge in [0, 0.05) is 24.1 Å². The second kappa shape index (κ2) is 7.83. The minimum atomic E-state index is -3.70. The number of rotatable bonds is 6. The average Bonchev–Trinajstić information content (AvgIpc) is 3.50. The lowest BCUT2D eigenvalue weighted by molar-refractivity contribution is -0.120. The van der Waals surface area contributed by atoms with Gasteiger partial charge in [-0.2, -0.15) is 0 Å². The van der Waals surface area contributed by atoms with E-state index in [-0.39, 0.29) is 40.6 Å². The van der Waals surface area contributed by atoms with Crippen molar-refractivity contribution >= 4 is 33.0 Å². The second-order valence-electron chi connectivity index (χ2n) is 7.92. The Bertz CT molecular complexity index is 1110. The van der Waals surface area contributed by atoms with E-state index in [0.717, 1.165) is 24.1 Å². The number of sulfone groups is 1. The number of anilines is 2. The molecule has 4 rings (SSSR count). The van der Waals surface area contributed by atoms with E-state index in [4.69, 9.17) is 0 Å². The molecule has 1 heterocycles. The average molecular weight is 431 g/mol. The number of carbonyl (C=O) groups is 2. The minimum Gasteiger partial charge on any atom is -0.324 e. The number of para-hydroxylation sites is 1. The van der Waals surface area contributed by atoms with Crippen LogP contribution in [-0.4, -0.2) is 32.0 Å². The Labute approximate surface area is 175 Å². The maximum Gasteiger partial charge on any atom is 0.230 e. The zero-order valence-corrected chi connectivity index (χ0v) is 17.4. The summed E-state index contributed by atoms with van der Waals surface area (Å²) >= 11 is 0. The maximum atomic E-state index is 13.6. The summed E-state index contributed by atoms with van der Waals surface area (Å²) in [6, 6.07) is 10.5. The highest BCUT2D eigenvalue weighted by Crippen LogP contribution is 2.39. The van der Waals surface area contributed by atoms with Gasteiger partial charge in [0.2, 0.25) is 11.8 Å². The first-order valence-corrected chi connectivity index (χ1v) is 11.6. The van der Waals surface area contributed by atoms with E-state index in [2.05, 4.69) is 5.32 Å². The standard InChI is InChI=1S/C22H23FN2O4S/c1-14-12-16-13-17(8-9-20(16)25(14)22(27)15-6-7-15)30(28,29)11-10-21(26)24-19-5-3-2-4-18(19)23/h2-5,8-9,13-15H,6-7,10-12H2,1H3,(H,24,26). The first-order valence-electron chi connectivity index (χ1n) is 9.99. The Morgan fingerprint density at radius 2 is 1.90 bits per heavy atom. The van der Waals surface area contributed by atoms with E-state index < -0.39 is 21.6 Å². The molecule has 1 fully saturated rings. The predicted molar refractivity (Wildman–Crippen MR) is 112 cm³/mol. The summed E-state index contributed by atoms with van der Waals surface area (Å²) in [5, 5.41) is 2.39. The molecule has 158 valence electrons. The Morgan fingerprint density at radius 1 is 1.17 bits per heavy atom. The minimum absolute atomic E-state index is 0.00222. The van der Waals surface area contributed by atoms with Crippen molar-refractivity contribution in [1.29, 1.82) is 0 Å². The van der Waals surface area contributed by atoms with Crippen molar-refractivity contribution in [2.24, 2.45) is 5.92 Å². The molecule has 1 N–H and O–H groups in total. The lowest BCUT2D eigenvalue weighted by Gasteiger charge is -2.22. The normalized spacial score (nSPS) is 18.2. The van der Waals surface area contributed by atoms with E-state index in [0.29, 0.717) is 6.42 Å². The van der Waals surface area contributed by atoms with Crippen LogP contribution in [0.5, 0.6) is 0 Å². The van der Waals surface area contributed by atoms with Crippen LogP contribution in [0, 0.1) is 11.7 Å². The van der Waals surface area contributed by atoms with Crippen LogP contribution in [0.2, 0.25) is 0 Å². The molecule has 1 unspecified atom stereocenters. The molecule has 2 aliphatic rings. The van der Waals surface area contributed by atoms with Crippen LogP contribution in [-0.2, 0) is 25.8 Å². The number of benzene rings is 2. The summed E-state index contributed by atoms with van der Waals surface area (Å²) in [5.74, 6) is -1.32. The van der Waals surface area contributed by atoms with Crippen LogP contribution in [0.25, 0.3) is 0 Å². The molecular formula is C22H23FN2O4S. The number of halogens is 1. The molecule has 8 heteroatoms. The van der Waals surface area contributed by atoms with Gasteiger partial charge in [0.1, 0.15) is 5.82 Å². The predicted octanol–water partition coefficient (Wildman–Crippen LogP) is 3.32. The molecule has 0 bridgehead atoms. The van der Waals surface area contributed by atoms with E-state index in [1.165, 1.54) is 24.3 Å². The summed E-state index contributed by atoms with van der Waals surface area (Å²) in [5.41, 5.74) is 1.62. The highest BCUT2D eigenvalue weighted by Gasteiger charge is 2.39. The second-order valence-corrected chi connectivity index (χ2v) is 10.0. The van der Waals surface area contributed by atoms with E-state index in [1.54, 1.807) is 23.1 Å². The largest absolute Gasteiger partial charge is 0.324 e. The molecule has 1 aliphatic carbocycles. The third-order valence-electron chi connectivity index (χ3n) is 5.54. The molecule has 2 amide bonds. The Morgan fingerprint density at radius 3 is 2.60 bits per heavy atom. The van der Waals surface area contributed by atoms with Crippen molar-refractivity contribution in [3.05, 3.63) is 53.8 Å². The molecule has 6 nitrogen and oxygen atoms in total. The number of fused-ring (bicyclic) bond motifs is 1. The summed E-state index contributed by atoms with van der Waals surface area (Å²) in [6.45, 7) is 1.96. The SMILES string of the molecule is CC1Cc2cc(S(=O)(=O)CCC(=O)Nc3ccccc3F)ccc2N1C(=O)C1CC1. The summed E-state index contributed by atoms with van der Waals surface area (Å²) < 4.78 is 39.1. The molecule has 30 heavy (non-hydrogen) atoms. The van der Waals surface area contributed by atoms with Crippen molar-refractivity contribution in [2.75, 3.05) is 16.0 Å². The summed E-state index contributed by atoms with van der Waals surface area (Å²) in [7, 11) is -3.70. The van der Waals surface area contributed by atoms with Crippen molar-refractivity contribution in [2.45, 2.75) is 43.5 Å². The van der Waals surface area contributed by atoms with Crippen LogP contribution in [0.15, 0.2) is 47.4 Å². The van der Waals surface area contributed by atoms with Crippen molar-refractivity contribution < 1.29 is 22.4 Å². The molecular weight excluding hydrogens is 407 g/mol. The van der Waals surface area contributed by atoms with Crippen LogP contribution in [0.3, 0.4) is 0 Å². The van der Waals surface area contributed by atoms with Crippen molar-refractivity contribution in [3.63, 3.8) is 0 Å². The third-order valence-corrected chi connectivity index (χ3v) is 7.25. The number of hydrogen-bond acceptors (Lipinski definition) is 4. The molecule has 0 saturated heterocycles. The molecule has 1 atom stereocenters. The third kappa shape index (κ3) is 4.09. The van der Waals surface area contributed by atoms with Gasteiger partial charge >= 0.3 is 0 Å². The van der Waals surface area contributed by atoms with Gasteiger partial charge in [-0.1, -0.05) is 12.1 Å². The molecule has 1 saturated carbocycles. The Hall–Kier alpha value is -2.74. The fourth-order valence-corrected chi connectivity index (χ4v) is 5.07. The van der Waals surface area contributed by atoms with Crippen LogP contribution in [0.1, 0.15) is 31.7 Å². The van der Waals surface area contributed by atoms with Gasteiger partial charge in [-0.3, -0.25) is 9.59 Å². The number of hydrogen-bond donors (Lipinski definition) is 1. The number of nitrogens with zero attached hydrogens (tertiary/aromatic N) is 1. The zero-order chi connectivity index (χ0) is 21.5. The Kier molecular flexibility index (Phi) is 5.36. The first-order chi connectivity index (χ1) is 14.3. The quantitative estimate of drug-likeness (QED) is 0.762. The lowest BCUT2D eigenvalue weighted by atomic mass is 10.1. The van der Waals surface area contributed by atoms with Crippen molar-refractivity contribution in [1.82, 2.24) is 0 Å². The smallest absolute Gasteiger partial charge is 0.230 e. The van der Waals surface area contributed by atoms with Gasteiger partial charge in [0.25, 0.3) is 0 Å². The number of nitrogens with one attached hydrogen (secondary N) is 1. The zero-order valence-electron chi connectivity index (χ0n) is 16.6. The first kappa shape index (κ1) is 20.5. The van der Waals surface area contributed by atoms with Gasteiger partial charge in [-0.05, 0) is 62.1 Å². The summed E-state index contributed by atoms with van der Waals surface area (Å²) in [4.78, 5) is 26.5. The monoisotopic (exact) mass is 430 g/mol. The van der Waals surface area contributed by atoms with E-state index in [9.17, 15) is 22.4 Å². The van der Waals surface area contributed by atoms with Crippen LogP contribution in [0.4, 0.5) is 15.8 Å². The van der Waals surface area contributed by atoms with E-state index in [1.807, 2.05) is 6.92 Å². The summed E-state index contributed by atoms with van der Waals surface area (Å²) in [6.07, 6.45) is 2.15. The van der Waals surface area contributed by atoms with Crippen molar-refractivity contribution in [3.8, 4) is 0 Å². The van der Waals surface area contributed by atoms with E-state index >= 15 is 0 Å². The van der Waals surface area contributed by atoms with Gasteiger partial charge in [0.05, 0.1) is 16.3 Å². The molecule has 2 aromatic rings. The Balaban J connectivity index is 1.45. The van der Waals surface area contributed by atoms with Gasteiger partial charge in [-0.25, -0.2) is 12.8 Å². The molecule has 0 radical (unpaired) electrons. The van der Waals surface area contributed by atoms with Gasteiger partial charge < -0.3 is 10.2 Å². The fraction of sp³-hybridized carbons (Fsp3) is 0.364. The maximum absolute atomic E-state index is 13.6. The lowest BCUT2D eigenvalue weighted by Crippen LogP contribution is -2.36. The van der Waals surface area contributed by atoms with Crippen LogP contribution >= 0.6 is 0 Å². The van der Waals surface area contributed by atoms with Gasteiger partial charge in [-0.15, -0.1) is 0 Å². The molecule has 0 aromatic heterocycles. The molecule has 1 aliphatic heterocycles.